The summed E-state index contributed by atoms with van der Waals surface area (Å²) in [5.41, 5.74) is 6.35. The van der Waals surface area contributed by atoms with Crippen LogP contribution in [0.1, 0.15) is 39.0 Å². The summed E-state index contributed by atoms with van der Waals surface area (Å²) in [5, 5.41) is 3.75. The number of hydrogen-bond acceptors (Lipinski definition) is 2. The lowest BCUT2D eigenvalue weighted by Gasteiger charge is -2.19. The summed E-state index contributed by atoms with van der Waals surface area (Å²) in [4.78, 5) is 0. The number of unbranched alkanes of at least 4 members (excludes halogenated alkanes) is 3. The molecule has 0 amide bonds. The fourth-order valence-corrected chi connectivity index (χ4v) is 2.07. The summed E-state index contributed by atoms with van der Waals surface area (Å²) in [6.07, 6.45) is 5.80. The molecule has 0 aromatic heterocycles. The monoisotopic (exact) mass is 272 g/mol. The third kappa shape index (κ3) is 5.23. The van der Waals surface area contributed by atoms with Gasteiger partial charge in [0.1, 0.15) is 5.82 Å². The minimum absolute atomic E-state index is 0.154. The van der Waals surface area contributed by atoms with Crippen molar-refractivity contribution < 1.29 is 4.39 Å². The van der Waals surface area contributed by atoms with Crippen LogP contribution in [0.3, 0.4) is 0 Å². The van der Waals surface area contributed by atoms with E-state index in [0.717, 1.165) is 12.8 Å². The highest BCUT2D eigenvalue weighted by atomic mass is 35.5. The van der Waals surface area contributed by atoms with Crippen LogP contribution in [0.2, 0.25) is 5.02 Å². The van der Waals surface area contributed by atoms with Crippen LogP contribution in [-0.2, 0) is 0 Å². The second-order valence-corrected chi connectivity index (χ2v) is 4.96. The first kappa shape index (κ1) is 15.3. The molecule has 0 bridgehead atoms. The topological polar surface area (TPSA) is 38.0 Å². The van der Waals surface area contributed by atoms with Crippen LogP contribution in [-0.4, -0.2) is 12.6 Å². The highest BCUT2D eigenvalue weighted by molar-refractivity contribution is 6.33. The van der Waals surface area contributed by atoms with E-state index in [4.69, 9.17) is 17.3 Å². The van der Waals surface area contributed by atoms with Gasteiger partial charge in [-0.3, -0.25) is 0 Å². The third-order valence-electron chi connectivity index (χ3n) is 2.98. The largest absolute Gasteiger partial charge is 0.380 e. The van der Waals surface area contributed by atoms with E-state index in [9.17, 15) is 4.39 Å². The lowest BCUT2D eigenvalue weighted by Crippen LogP contribution is -2.28. The second-order valence-electron chi connectivity index (χ2n) is 4.55. The van der Waals surface area contributed by atoms with E-state index in [2.05, 4.69) is 12.2 Å². The van der Waals surface area contributed by atoms with Gasteiger partial charge in [0.15, 0.2) is 0 Å². The molecule has 1 aromatic rings. The van der Waals surface area contributed by atoms with Gasteiger partial charge < -0.3 is 11.1 Å². The zero-order valence-electron chi connectivity index (χ0n) is 10.9. The number of hydrogen-bond donors (Lipinski definition) is 2. The van der Waals surface area contributed by atoms with Crippen molar-refractivity contribution in [2.45, 2.75) is 45.1 Å². The van der Waals surface area contributed by atoms with Gasteiger partial charge in [-0.15, -0.1) is 0 Å². The zero-order chi connectivity index (χ0) is 13.4. The zero-order valence-corrected chi connectivity index (χ0v) is 11.6. The Kier molecular flexibility index (Phi) is 7.06. The van der Waals surface area contributed by atoms with Crippen LogP contribution in [0, 0.1) is 5.82 Å². The molecule has 4 heteroatoms. The first-order valence-electron chi connectivity index (χ1n) is 6.59. The Morgan fingerprint density at radius 1 is 1.33 bits per heavy atom. The highest BCUT2D eigenvalue weighted by Crippen LogP contribution is 2.23. The Hall–Kier alpha value is -0.800. The lowest BCUT2D eigenvalue weighted by molar-refractivity contribution is 0.574. The molecule has 0 aliphatic rings. The smallest absolute Gasteiger partial charge is 0.125 e. The van der Waals surface area contributed by atoms with E-state index in [1.54, 1.807) is 6.07 Å². The maximum absolute atomic E-state index is 13.1. The normalized spacial score (nSPS) is 12.4. The van der Waals surface area contributed by atoms with E-state index in [1.165, 1.54) is 31.4 Å². The van der Waals surface area contributed by atoms with Gasteiger partial charge in [-0.2, -0.15) is 0 Å². The molecule has 0 aliphatic carbocycles. The molecule has 3 N–H and O–H groups in total. The summed E-state index contributed by atoms with van der Waals surface area (Å²) in [6.45, 7) is 2.71. The van der Waals surface area contributed by atoms with Gasteiger partial charge in [0.05, 0.1) is 10.7 Å². The summed E-state index contributed by atoms with van der Waals surface area (Å²) in [5.74, 6) is -0.288. The third-order valence-corrected chi connectivity index (χ3v) is 3.31. The van der Waals surface area contributed by atoms with Crippen molar-refractivity contribution in [1.82, 2.24) is 0 Å². The molecule has 0 saturated heterocycles. The molecule has 2 nitrogen and oxygen atoms in total. The van der Waals surface area contributed by atoms with Crippen molar-refractivity contribution in [2.75, 3.05) is 11.9 Å². The fourth-order valence-electron chi connectivity index (χ4n) is 1.89. The van der Waals surface area contributed by atoms with Gasteiger partial charge in [-0.25, -0.2) is 4.39 Å². The van der Waals surface area contributed by atoms with E-state index in [1.807, 2.05) is 0 Å². The molecular formula is C14H22ClFN2. The van der Waals surface area contributed by atoms with Crippen LogP contribution in [0.15, 0.2) is 18.2 Å². The van der Waals surface area contributed by atoms with Crippen LogP contribution >= 0.6 is 11.6 Å². The van der Waals surface area contributed by atoms with Crippen molar-refractivity contribution in [3.63, 3.8) is 0 Å². The average Bonchev–Trinajstić information content (AvgIpc) is 2.37. The van der Waals surface area contributed by atoms with Crippen molar-refractivity contribution >= 4 is 17.3 Å². The van der Waals surface area contributed by atoms with Crippen molar-refractivity contribution in [2.24, 2.45) is 5.73 Å². The standard InChI is InChI=1S/C14H22ClFN2/c1-2-3-4-5-6-12(10-17)18-14-9-11(16)7-8-13(14)15/h7-9,12,18H,2-6,10,17H2,1H3. The number of nitrogens with two attached hydrogens (primary N) is 1. The van der Waals surface area contributed by atoms with Gasteiger partial charge in [0, 0.05) is 12.6 Å². The van der Waals surface area contributed by atoms with E-state index >= 15 is 0 Å². The van der Waals surface area contributed by atoms with Crippen molar-refractivity contribution in [3.8, 4) is 0 Å². The van der Waals surface area contributed by atoms with E-state index in [-0.39, 0.29) is 11.9 Å². The van der Waals surface area contributed by atoms with Crippen LogP contribution in [0.25, 0.3) is 0 Å². The predicted octanol–water partition coefficient (Wildman–Crippen LogP) is 4.19. The van der Waals surface area contributed by atoms with Gasteiger partial charge >= 0.3 is 0 Å². The minimum atomic E-state index is -0.288. The Morgan fingerprint density at radius 3 is 2.78 bits per heavy atom. The number of benzene rings is 1. The Labute approximate surface area is 114 Å². The quantitative estimate of drug-likeness (QED) is 0.697. The molecule has 102 valence electrons. The molecule has 0 saturated carbocycles. The average molecular weight is 273 g/mol. The van der Waals surface area contributed by atoms with Crippen LogP contribution in [0.4, 0.5) is 10.1 Å². The molecule has 0 aliphatic heterocycles. The second kappa shape index (κ2) is 8.33. The Balaban J connectivity index is 2.48. The fraction of sp³-hybridized carbons (Fsp3) is 0.571. The first-order valence-corrected chi connectivity index (χ1v) is 6.96. The molecule has 18 heavy (non-hydrogen) atoms. The number of rotatable bonds is 8. The number of anilines is 1. The molecule has 0 spiro atoms. The van der Waals surface area contributed by atoms with E-state index < -0.39 is 0 Å². The first-order chi connectivity index (χ1) is 8.67. The van der Waals surface area contributed by atoms with Crippen molar-refractivity contribution in [1.29, 1.82) is 0 Å². The Bertz CT molecular complexity index is 358. The number of halogens is 2. The van der Waals surface area contributed by atoms with Gasteiger partial charge in [0.2, 0.25) is 0 Å². The van der Waals surface area contributed by atoms with Crippen LogP contribution in [0.5, 0.6) is 0 Å². The minimum Gasteiger partial charge on any atom is -0.380 e. The lowest BCUT2D eigenvalue weighted by atomic mass is 10.1. The highest BCUT2D eigenvalue weighted by Gasteiger charge is 2.09. The molecule has 1 aromatic carbocycles. The molecule has 0 fully saturated rings. The van der Waals surface area contributed by atoms with E-state index in [0.29, 0.717) is 17.3 Å². The molecule has 1 rings (SSSR count). The summed E-state index contributed by atoms with van der Waals surface area (Å²) in [7, 11) is 0. The molecule has 0 radical (unpaired) electrons. The molecular weight excluding hydrogens is 251 g/mol. The van der Waals surface area contributed by atoms with Gasteiger partial charge in [-0.05, 0) is 24.6 Å². The maximum Gasteiger partial charge on any atom is 0.125 e. The molecule has 0 heterocycles. The predicted molar refractivity (Wildman–Crippen MR) is 76.6 cm³/mol. The number of nitrogens with one attached hydrogen (secondary N) is 1. The summed E-state index contributed by atoms with van der Waals surface area (Å²) >= 11 is 6.01. The van der Waals surface area contributed by atoms with Gasteiger partial charge in [-0.1, -0.05) is 44.2 Å². The molecule has 1 atom stereocenters. The Morgan fingerprint density at radius 2 is 2.11 bits per heavy atom. The van der Waals surface area contributed by atoms with Gasteiger partial charge in [0.25, 0.3) is 0 Å². The van der Waals surface area contributed by atoms with Crippen LogP contribution < -0.4 is 11.1 Å². The summed E-state index contributed by atoms with van der Waals surface area (Å²) < 4.78 is 13.1. The molecule has 1 unspecified atom stereocenters. The summed E-state index contributed by atoms with van der Waals surface area (Å²) in [6, 6.07) is 4.48. The SMILES string of the molecule is CCCCCCC(CN)Nc1cc(F)ccc1Cl. The maximum atomic E-state index is 13.1. The van der Waals surface area contributed by atoms with Crippen molar-refractivity contribution in [3.05, 3.63) is 29.0 Å².